The summed E-state index contributed by atoms with van der Waals surface area (Å²) in [5.41, 5.74) is 0.00695. The van der Waals surface area contributed by atoms with Crippen LogP contribution in [0.3, 0.4) is 0 Å². The summed E-state index contributed by atoms with van der Waals surface area (Å²) >= 11 is 0. The Kier molecular flexibility index (Phi) is 3.12. The fourth-order valence-corrected chi connectivity index (χ4v) is 1.73. The molecular formula is C11H17N5O. The van der Waals surface area contributed by atoms with Crippen LogP contribution in [-0.2, 0) is 20.1 Å². The third-order valence-electron chi connectivity index (χ3n) is 2.88. The first-order chi connectivity index (χ1) is 8.13. The molecule has 2 rings (SSSR count). The quantitative estimate of drug-likeness (QED) is 0.777. The van der Waals surface area contributed by atoms with E-state index in [4.69, 9.17) is 0 Å². The molecule has 6 heteroatoms. The predicted octanol–water partition coefficient (Wildman–Crippen LogP) is 0.545. The molecular weight excluding hydrogens is 218 g/mol. The van der Waals surface area contributed by atoms with E-state index in [0.29, 0.717) is 6.54 Å². The summed E-state index contributed by atoms with van der Waals surface area (Å²) in [4.78, 5) is 11.9. The zero-order valence-electron chi connectivity index (χ0n) is 10.4. The lowest BCUT2D eigenvalue weighted by atomic mass is 10.5. The van der Waals surface area contributed by atoms with Gasteiger partial charge in [0, 0.05) is 26.0 Å². The van der Waals surface area contributed by atoms with Crippen LogP contribution in [0.4, 0.5) is 0 Å². The number of hydrogen-bond acceptors (Lipinski definition) is 3. The van der Waals surface area contributed by atoms with E-state index in [1.165, 1.54) is 0 Å². The highest BCUT2D eigenvalue weighted by molar-refractivity contribution is 4.95. The fraction of sp³-hybridized carbons (Fsp3) is 0.545. The summed E-state index contributed by atoms with van der Waals surface area (Å²) in [5.74, 6) is 1.64. The van der Waals surface area contributed by atoms with Gasteiger partial charge in [-0.1, -0.05) is 6.92 Å². The molecule has 0 spiro atoms. The van der Waals surface area contributed by atoms with Crippen molar-refractivity contribution in [2.24, 2.45) is 7.05 Å². The van der Waals surface area contributed by atoms with E-state index < -0.39 is 0 Å². The molecule has 2 heterocycles. The van der Waals surface area contributed by atoms with Crippen LogP contribution in [0.15, 0.2) is 17.2 Å². The fourth-order valence-electron chi connectivity index (χ4n) is 1.73. The molecule has 17 heavy (non-hydrogen) atoms. The van der Waals surface area contributed by atoms with E-state index >= 15 is 0 Å². The van der Waals surface area contributed by atoms with Crippen molar-refractivity contribution in [2.45, 2.75) is 33.4 Å². The Labute approximate surface area is 99.5 Å². The van der Waals surface area contributed by atoms with Gasteiger partial charge in [-0.2, -0.15) is 0 Å². The minimum atomic E-state index is 0.00695. The third kappa shape index (κ3) is 2.15. The first-order valence-corrected chi connectivity index (χ1v) is 5.74. The van der Waals surface area contributed by atoms with Gasteiger partial charge in [0.1, 0.15) is 5.82 Å². The molecule has 0 saturated heterocycles. The van der Waals surface area contributed by atoms with E-state index in [-0.39, 0.29) is 5.69 Å². The van der Waals surface area contributed by atoms with E-state index in [1.54, 1.807) is 15.3 Å². The Morgan fingerprint density at radius 3 is 2.53 bits per heavy atom. The SMILES string of the molecule is CCCn1ccn(Cc2nnc(C)n2C)c1=O. The molecule has 0 fully saturated rings. The Balaban J connectivity index is 2.25. The van der Waals surface area contributed by atoms with Crippen molar-refractivity contribution >= 4 is 0 Å². The summed E-state index contributed by atoms with van der Waals surface area (Å²) < 4.78 is 5.26. The molecule has 2 aromatic rings. The highest BCUT2D eigenvalue weighted by atomic mass is 16.1. The molecule has 0 aliphatic carbocycles. The summed E-state index contributed by atoms with van der Waals surface area (Å²) in [6.45, 7) is 5.16. The Morgan fingerprint density at radius 1 is 1.24 bits per heavy atom. The Morgan fingerprint density at radius 2 is 1.94 bits per heavy atom. The van der Waals surface area contributed by atoms with Gasteiger partial charge < -0.3 is 4.57 Å². The maximum Gasteiger partial charge on any atom is 0.328 e. The molecule has 0 amide bonds. The van der Waals surface area contributed by atoms with Crippen molar-refractivity contribution in [3.63, 3.8) is 0 Å². The third-order valence-corrected chi connectivity index (χ3v) is 2.88. The molecule has 0 unspecified atom stereocenters. The number of imidazole rings is 1. The molecule has 0 saturated carbocycles. The topological polar surface area (TPSA) is 57.6 Å². The van der Waals surface area contributed by atoms with Crippen molar-refractivity contribution in [1.29, 1.82) is 0 Å². The number of hydrogen-bond donors (Lipinski definition) is 0. The van der Waals surface area contributed by atoms with Crippen LogP contribution in [0.1, 0.15) is 25.0 Å². The van der Waals surface area contributed by atoms with Gasteiger partial charge in [0.15, 0.2) is 5.82 Å². The van der Waals surface area contributed by atoms with Gasteiger partial charge >= 0.3 is 5.69 Å². The number of nitrogens with zero attached hydrogens (tertiary/aromatic N) is 5. The van der Waals surface area contributed by atoms with E-state index in [0.717, 1.165) is 24.6 Å². The Hall–Kier alpha value is -1.85. The van der Waals surface area contributed by atoms with E-state index in [9.17, 15) is 4.79 Å². The van der Waals surface area contributed by atoms with E-state index in [1.807, 2.05) is 24.7 Å². The average Bonchev–Trinajstić information content (AvgIpc) is 2.80. The van der Waals surface area contributed by atoms with Crippen molar-refractivity contribution in [1.82, 2.24) is 23.9 Å². The summed E-state index contributed by atoms with van der Waals surface area (Å²) in [7, 11) is 1.90. The van der Waals surface area contributed by atoms with Crippen LogP contribution in [-0.4, -0.2) is 23.9 Å². The highest BCUT2D eigenvalue weighted by Crippen LogP contribution is 1.99. The smallest absolute Gasteiger partial charge is 0.317 e. The maximum absolute atomic E-state index is 11.9. The van der Waals surface area contributed by atoms with Crippen LogP contribution < -0.4 is 5.69 Å². The lowest BCUT2D eigenvalue weighted by Gasteiger charge is -2.02. The molecule has 0 aromatic carbocycles. The van der Waals surface area contributed by atoms with Crippen LogP contribution in [0.5, 0.6) is 0 Å². The van der Waals surface area contributed by atoms with Gasteiger partial charge in [0.25, 0.3) is 0 Å². The van der Waals surface area contributed by atoms with Gasteiger partial charge in [-0.3, -0.25) is 9.13 Å². The lowest BCUT2D eigenvalue weighted by molar-refractivity contribution is 0.607. The first kappa shape index (κ1) is 11.6. The molecule has 92 valence electrons. The second-order valence-corrected chi connectivity index (χ2v) is 4.12. The minimum absolute atomic E-state index is 0.00695. The molecule has 0 aliphatic heterocycles. The molecule has 0 N–H and O–H groups in total. The number of aromatic nitrogens is 5. The van der Waals surface area contributed by atoms with Crippen molar-refractivity contribution < 1.29 is 0 Å². The number of rotatable bonds is 4. The van der Waals surface area contributed by atoms with Crippen LogP contribution in [0, 0.1) is 6.92 Å². The van der Waals surface area contributed by atoms with Gasteiger partial charge in [0.2, 0.25) is 0 Å². The summed E-state index contributed by atoms with van der Waals surface area (Å²) in [6, 6.07) is 0. The zero-order valence-corrected chi connectivity index (χ0v) is 10.4. The monoisotopic (exact) mass is 235 g/mol. The van der Waals surface area contributed by atoms with Crippen LogP contribution in [0.25, 0.3) is 0 Å². The maximum atomic E-state index is 11.9. The lowest BCUT2D eigenvalue weighted by Crippen LogP contribution is -2.25. The molecule has 0 radical (unpaired) electrons. The van der Waals surface area contributed by atoms with Crippen molar-refractivity contribution in [2.75, 3.05) is 0 Å². The van der Waals surface area contributed by atoms with Crippen LogP contribution in [0.2, 0.25) is 0 Å². The predicted molar refractivity (Wildman–Crippen MR) is 63.8 cm³/mol. The first-order valence-electron chi connectivity index (χ1n) is 5.74. The summed E-state index contributed by atoms with van der Waals surface area (Å²) in [6.07, 6.45) is 4.56. The zero-order chi connectivity index (χ0) is 12.4. The van der Waals surface area contributed by atoms with Gasteiger partial charge in [-0.15, -0.1) is 10.2 Å². The second-order valence-electron chi connectivity index (χ2n) is 4.12. The largest absolute Gasteiger partial charge is 0.328 e. The van der Waals surface area contributed by atoms with Gasteiger partial charge in [-0.05, 0) is 13.3 Å². The van der Waals surface area contributed by atoms with Crippen LogP contribution >= 0.6 is 0 Å². The summed E-state index contributed by atoms with van der Waals surface area (Å²) in [5, 5.41) is 8.03. The molecule has 0 bridgehead atoms. The van der Waals surface area contributed by atoms with E-state index in [2.05, 4.69) is 17.1 Å². The molecule has 2 aromatic heterocycles. The van der Waals surface area contributed by atoms with Crippen molar-refractivity contribution in [3.8, 4) is 0 Å². The highest BCUT2D eigenvalue weighted by Gasteiger charge is 2.08. The Bertz CT molecular complexity index is 563. The minimum Gasteiger partial charge on any atom is -0.317 e. The van der Waals surface area contributed by atoms with Gasteiger partial charge in [0.05, 0.1) is 6.54 Å². The normalized spacial score (nSPS) is 11.0. The number of aryl methyl sites for hydroxylation is 2. The van der Waals surface area contributed by atoms with Gasteiger partial charge in [-0.25, -0.2) is 4.79 Å². The standard InChI is InChI=1S/C11H17N5O/c1-4-5-15-6-7-16(11(15)17)8-10-13-12-9(2)14(10)3/h6-7H,4-5,8H2,1-3H3. The average molecular weight is 235 g/mol. The molecule has 6 nitrogen and oxygen atoms in total. The molecule has 0 atom stereocenters. The van der Waals surface area contributed by atoms with Crippen molar-refractivity contribution in [3.05, 3.63) is 34.5 Å². The second kappa shape index (κ2) is 4.57. The molecule has 0 aliphatic rings.